The summed E-state index contributed by atoms with van der Waals surface area (Å²) >= 11 is 11.7. The van der Waals surface area contributed by atoms with Crippen LogP contribution in [0.3, 0.4) is 0 Å². The van der Waals surface area contributed by atoms with Crippen LogP contribution in [0.2, 0.25) is 10.0 Å². The van der Waals surface area contributed by atoms with Crippen LogP contribution in [0, 0.1) is 0 Å². The van der Waals surface area contributed by atoms with Gasteiger partial charge in [-0.25, -0.2) is 0 Å². The van der Waals surface area contributed by atoms with Gasteiger partial charge in [0.15, 0.2) is 0 Å². The van der Waals surface area contributed by atoms with Gasteiger partial charge in [0.2, 0.25) is 5.91 Å². The van der Waals surface area contributed by atoms with E-state index in [1.54, 1.807) is 18.2 Å². The van der Waals surface area contributed by atoms with Crippen molar-refractivity contribution in [1.29, 1.82) is 0 Å². The Morgan fingerprint density at radius 3 is 2.42 bits per heavy atom. The summed E-state index contributed by atoms with van der Waals surface area (Å²) < 4.78 is 5.12. The normalized spacial score (nSPS) is 10.2. The number of rotatable bonds is 7. The Labute approximate surface area is 150 Å². The molecule has 0 atom stereocenters. The van der Waals surface area contributed by atoms with E-state index >= 15 is 0 Å². The van der Waals surface area contributed by atoms with Gasteiger partial charge >= 0.3 is 5.97 Å². The number of carbonyl (C=O) groups is 2. The second-order valence-corrected chi connectivity index (χ2v) is 5.95. The molecule has 0 heterocycles. The number of esters is 1. The molecule has 0 unspecified atom stereocenters. The summed E-state index contributed by atoms with van der Waals surface area (Å²) in [5.41, 5.74) is 1.63. The molecule has 1 N–H and O–H groups in total. The predicted molar refractivity (Wildman–Crippen MR) is 95.4 cm³/mol. The number of nitrogens with one attached hydrogen (secondary N) is 1. The molecule has 0 aromatic heterocycles. The van der Waals surface area contributed by atoms with E-state index in [9.17, 15) is 9.59 Å². The van der Waals surface area contributed by atoms with Crippen LogP contribution >= 0.6 is 23.2 Å². The van der Waals surface area contributed by atoms with E-state index in [1.165, 1.54) is 0 Å². The largest absolute Gasteiger partial charge is 0.465 e. The monoisotopic (exact) mass is 365 g/mol. The van der Waals surface area contributed by atoms with Gasteiger partial charge in [-0.15, -0.1) is 0 Å². The van der Waals surface area contributed by atoms with Gasteiger partial charge in [0.05, 0.1) is 23.1 Å². The standard InChI is InChI=1S/C18H17Cl2NO3/c19-15-7-6-14(12-16(15)20)21-17(22)8-9-18(23)24-11-10-13-4-2-1-3-5-13/h1-7,12H,8-11H2,(H,21,22). The number of amides is 1. The summed E-state index contributed by atoms with van der Waals surface area (Å²) in [6.07, 6.45) is 0.731. The number of hydrogen-bond acceptors (Lipinski definition) is 3. The number of halogens is 2. The van der Waals surface area contributed by atoms with Crippen molar-refractivity contribution in [3.8, 4) is 0 Å². The fraction of sp³-hybridized carbons (Fsp3) is 0.222. The molecule has 0 aliphatic carbocycles. The summed E-state index contributed by atoms with van der Waals surface area (Å²) in [7, 11) is 0. The first-order chi connectivity index (χ1) is 11.5. The summed E-state index contributed by atoms with van der Waals surface area (Å²) in [4.78, 5) is 23.5. The van der Waals surface area contributed by atoms with Gasteiger partial charge in [-0.05, 0) is 23.8 Å². The van der Waals surface area contributed by atoms with Crippen molar-refractivity contribution in [2.75, 3.05) is 11.9 Å². The van der Waals surface area contributed by atoms with E-state index in [-0.39, 0.29) is 18.7 Å². The van der Waals surface area contributed by atoms with E-state index in [0.717, 1.165) is 5.56 Å². The lowest BCUT2D eigenvalue weighted by Crippen LogP contribution is -2.15. The quantitative estimate of drug-likeness (QED) is 0.735. The van der Waals surface area contributed by atoms with Crippen LogP contribution in [0.1, 0.15) is 18.4 Å². The van der Waals surface area contributed by atoms with Gasteiger partial charge < -0.3 is 10.1 Å². The smallest absolute Gasteiger partial charge is 0.306 e. The molecule has 0 saturated carbocycles. The number of hydrogen-bond donors (Lipinski definition) is 1. The second-order valence-electron chi connectivity index (χ2n) is 5.13. The number of anilines is 1. The highest BCUT2D eigenvalue weighted by Gasteiger charge is 2.09. The first kappa shape index (κ1) is 18.3. The van der Waals surface area contributed by atoms with Gasteiger partial charge in [-0.3, -0.25) is 9.59 Å². The van der Waals surface area contributed by atoms with Gasteiger partial charge in [-0.1, -0.05) is 53.5 Å². The lowest BCUT2D eigenvalue weighted by atomic mass is 10.2. The van der Waals surface area contributed by atoms with Crippen molar-refractivity contribution in [1.82, 2.24) is 0 Å². The average Bonchev–Trinajstić information content (AvgIpc) is 2.57. The molecule has 0 spiro atoms. The SMILES string of the molecule is O=C(CCC(=O)OCCc1ccccc1)Nc1ccc(Cl)c(Cl)c1. The highest BCUT2D eigenvalue weighted by Crippen LogP contribution is 2.25. The van der Waals surface area contributed by atoms with Crippen LogP contribution < -0.4 is 5.32 Å². The van der Waals surface area contributed by atoms with Crippen LogP contribution in [0.5, 0.6) is 0 Å². The predicted octanol–water partition coefficient (Wildman–Crippen LogP) is 4.50. The van der Waals surface area contributed by atoms with Crippen molar-refractivity contribution in [2.45, 2.75) is 19.3 Å². The fourth-order valence-electron chi connectivity index (χ4n) is 2.01. The van der Waals surface area contributed by atoms with Crippen molar-refractivity contribution in [3.63, 3.8) is 0 Å². The summed E-state index contributed by atoms with van der Waals surface area (Å²) in [6, 6.07) is 14.5. The minimum atomic E-state index is -0.393. The molecule has 0 fully saturated rings. The lowest BCUT2D eigenvalue weighted by Gasteiger charge is -2.07. The highest BCUT2D eigenvalue weighted by molar-refractivity contribution is 6.42. The summed E-state index contributed by atoms with van der Waals surface area (Å²) in [6.45, 7) is 0.303. The Bertz CT molecular complexity index is 705. The minimum absolute atomic E-state index is 0.0297. The minimum Gasteiger partial charge on any atom is -0.465 e. The van der Waals surface area contributed by atoms with E-state index in [1.807, 2.05) is 30.3 Å². The lowest BCUT2D eigenvalue weighted by molar-refractivity contribution is -0.144. The third-order valence-electron chi connectivity index (χ3n) is 3.26. The third-order valence-corrected chi connectivity index (χ3v) is 4.00. The summed E-state index contributed by atoms with van der Waals surface area (Å²) in [5.74, 6) is -0.677. The molecule has 1 amide bonds. The zero-order chi connectivity index (χ0) is 17.4. The molecule has 0 bridgehead atoms. The van der Waals surface area contributed by atoms with E-state index < -0.39 is 5.97 Å². The molecule has 126 valence electrons. The molecule has 0 aliphatic rings. The molecule has 4 nitrogen and oxygen atoms in total. The van der Waals surface area contributed by atoms with Crippen LogP contribution in [-0.4, -0.2) is 18.5 Å². The van der Waals surface area contributed by atoms with Crippen molar-refractivity contribution >= 4 is 40.8 Å². The topological polar surface area (TPSA) is 55.4 Å². The first-order valence-electron chi connectivity index (χ1n) is 7.49. The molecule has 2 rings (SSSR count). The van der Waals surface area contributed by atoms with E-state index in [2.05, 4.69) is 5.32 Å². The maximum Gasteiger partial charge on any atom is 0.306 e. The fourth-order valence-corrected chi connectivity index (χ4v) is 2.31. The van der Waals surface area contributed by atoms with Crippen LogP contribution in [-0.2, 0) is 20.7 Å². The van der Waals surface area contributed by atoms with E-state index in [4.69, 9.17) is 27.9 Å². The Morgan fingerprint density at radius 2 is 1.71 bits per heavy atom. The second kappa shape index (κ2) is 9.30. The molecule has 2 aromatic carbocycles. The molecule has 0 aliphatic heterocycles. The van der Waals surface area contributed by atoms with Crippen molar-refractivity contribution in [3.05, 3.63) is 64.1 Å². The molecule has 6 heteroatoms. The third kappa shape index (κ3) is 6.22. The van der Waals surface area contributed by atoms with Crippen LogP contribution in [0.15, 0.2) is 48.5 Å². The number of ether oxygens (including phenoxy) is 1. The molecule has 0 radical (unpaired) electrons. The van der Waals surface area contributed by atoms with Crippen molar-refractivity contribution < 1.29 is 14.3 Å². The van der Waals surface area contributed by atoms with Gasteiger partial charge in [0.25, 0.3) is 0 Å². The molecular weight excluding hydrogens is 349 g/mol. The van der Waals surface area contributed by atoms with Gasteiger partial charge in [-0.2, -0.15) is 0 Å². The Balaban J connectivity index is 1.67. The number of carbonyl (C=O) groups excluding carboxylic acids is 2. The zero-order valence-electron chi connectivity index (χ0n) is 12.9. The maximum atomic E-state index is 11.8. The van der Waals surface area contributed by atoms with Gasteiger partial charge in [0, 0.05) is 18.5 Å². The number of benzene rings is 2. The summed E-state index contributed by atoms with van der Waals surface area (Å²) in [5, 5.41) is 3.43. The molecule has 0 saturated heterocycles. The van der Waals surface area contributed by atoms with Crippen LogP contribution in [0.25, 0.3) is 0 Å². The maximum absolute atomic E-state index is 11.8. The zero-order valence-corrected chi connectivity index (χ0v) is 14.4. The Morgan fingerprint density at radius 1 is 0.958 bits per heavy atom. The van der Waals surface area contributed by atoms with Crippen LogP contribution in [0.4, 0.5) is 5.69 Å². The Kier molecular flexibility index (Phi) is 7.09. The van der Waals surface area contributed by atoms with Gasteiger partial charge in [0.1, 0.15) is 0 Å². The molecular formula is C18H17Cl2NO3. The average molecular weight is 366 g/mol. The molecule has 2 aromatic rings. The molecule has 24 heavy (non-hydrogen) atoms. The highest BCUT2D eigenvalue weighted by atomic mass is 35.5. The van der Waals surface area contributed by atoms with Crippen molar-refractivity contribution in [2.24, 2.45) is 0 Å². The first-order valence-corrected chi connectivity index (χ1v) is 8.24. The Hall–Kier alpha value is -2.04. The van der Waals surface area contributed by atoms with E-state index in [0.29, 0.717) is 28.8 Å².